The molecule has 0 spiro atoms. The van der Waals surface area contributed by atoms with Crippen LogP contribution in [0.1, 0.15) is 33.6 Å². The maximum absolute atomic E-state index is 11.6. The molecule has 0 saturated carbocycles. The summed E-state index contributed by atoms with van der Waals surface area (Å²) >= 11 is 0. The molecule has 1 aliphatic rings. The number of allylic oxidation sites excluding steroid dienone is 1. The Morgan fingerprint density at radius 2 is 2.23 bits per heavy atom. The zero-order chi connectivity index (χ0) is 10.1. The van der Waals surface area contributed by atoms with E-state index in [4.69, 9.17) is 0 Å². The van der Waals surface area contributed by atoms with Crippen molar-refractivity contribution in [3.05, 3.63) is 11.6 Å². The highest BCUT2D eigenvalue weighted by atomic mass is 16.1. The Balaban J connectivity index is 2.94. The summed E-state index contributed by atoms with van der Waals surface area (Å²) in [5.74, 6) is 0.213. The number of nitrogens with one attached hydrogen (secondary N) is 1. The summed E-state index contributed by atoms with van der Waals surface area (Å²) in [7, 11) is 1.71. The highest BCUT2D eigenvalue weighted by molar-refractivity contribution is 5.82. The molecule has 1 rings (SSSR count). The molecule has 13 heavy (non-hydrogen) atoms. The third-order valence-corrected chi connectivity index (χ3v) is 3.00. The van der Waals surface area contributed by atoms with Crippen molar-refractivity contribution in [1.29, 1.82) is 0 Å². The van der Waals surface area contributed by atoms with Gasteiger partial charge < -0.3 is 5.32 Å². The summed E-state index contributed by atoms with van der Waals surface area (Å²) in [6.45, 7) is 6.40. The predicted octanol–water partition coefficient (Wildman–Crippen LogP) is 2.11. The minimum atomic E-state index is 0.0613. The number of carbonyl (C=O) groups excluding carboxylic acids is 1. The molecule has 0 aliphatic heterocycles. The molecule has 0 aromatic rings. The highest BCUT2D eigenvalue weighted by Crippen LogP contribution is 2.40. The van der Waals surface area contributed by atoms with Crippen LogP contribution in [0.5, 0.6) is 0 Å². The second-order valence-corrected chi connectivity index (χ2v) is 4.52. The minimum absolute atomic E-state index is 0.0613. The average molecular weight is 181 g/mol. The molecule has 1 atom stereocenters. The third-order valence-electron chi connectivity index (χ3n) is 3.00. The lowest BCUT2D eigenvalue weighted by Gasteiger charge is -2.36. The SMILES string of the molecule is CNC(=O)C1C(C)=CCCC1(C)C. The largest absolute Gasteiger partial charge is 0.359 e. The molecular formula is C11H19NO. The van der Waals surface area contributed by atoms with Crippen molar-refractivity contribution in [2.45, 2.75) is 33.6 Å². The molecule has 0 radical (unpaired) electrons. The molecule has 2 heteroatoms. The van der Waals surface area contributed by atoms with Gasteiger partial charge in [-0.2, -0.15) is 0 Å². The van der Waals surface area contributed by atoms with Crippen LogP contribution in [0.15, 0.2) is 11.6 Å². The Labute approximate surface area is 80.4 Å². The van der Waals surface area contributed by atoms with Gasteiger partial charge in [0.05, 0.1) is 5.92 Å². The molecule has 0 heterocycles. The minimum Gasteiger partial charge on any atom is -0.359 e. The summed E-state index contributed by atoms with van der Waals surface area (Å²) in [6, 6.07) is 0. The molecule has 2 nitrogen and oxygen atoms in total. The van der Waals surface area contributed by atoms with Crippen LogP contribution in [0.25, 0.3) is 0 Å². The van der Waals surface area contributed by atoms with E-state index in [1.165, 1.54) is 5.57 Å². The van der Waals surface area contributed by atoms with Gasteiger partial charge in [0.15, 0.2) is 0 Å². The van der Waals surface area contributed by atoms with E-state index in [0.29, 0.717) is 0 Å². The lowest BCUT2D eigenvalue weighted by Crippen LogP contribution is -2.39. The van der Waals surface area contributed by atoms with Crippen molar-refractivity contribution >= 4 is 5.91 Å². The molecule has 0 aromatic carbocycles. The normalized spacial score (nSPS) is 26.5. The van der Waals surface area contributed by atoms with Gasteiger partial charge in [-0.3, -0.25) is 4.79 Å². The van der Waals surface area contributed by atoms with Crippen LogP contribution in [0.3, 0.4) is 0 Å². The summed E-state index contributed by atoms with van der Waals surface area (Å²) in [4.78, 5) is 11.6. The molecule has 1 aliphatic carbocycles. The Morgan fingerprint density at radius 1 is 1.62 bits per heavy atom. The van der Waals surface area contributed by atoms with E-state index < -0.39 is 0 Å². The quantitative estimate of drug-likeness (QED) is 0.617. The Kier molecular flexibility index (Phi) is 2.79. The first-order valence-corrected chi connectivity index (χ1v) is 4.87. The van der Waals surface area contributed by atoms with Gasteiger partial charge in [0, 0.05) is 7.05 Å². The standard InChI is InChI=1S/C11H19NO/c1-8-6-5-7-11(2,3)9(8)10(13)12-4/h6,9H,5,7H2,1-4H3,(H,12,13). The second-order valence-electron chi connectivity index (χ2n) is 4.52. The van der Waals surface area contributed by atoms with E-state index in [9.17, 15) is 4.79 Å². The van der Waals surface area contributed by atoms with Gasteiger partial charge in [-0.05, 0) is 25.2 Å². The number of carbonyl (C=O) groups is 1. The zero-order valence-corrected chi connectivity index (χ0v) is 8.98. The van der Waals surface area contributed by atoms with E-state index in [-0.39, 0.29) is 17.2 Å². The van der Waals surface area contributed by atoms with E-state index in [1.54, 1.807) is 7.05 Å². The van der Waals surface area contributed by atoms with Crippen LogP contribution in [0.4, 0.5) is 0 Å². The lowest BCUT2D eigenvalue weighted by molar-refractivity contribution is -0.126. The van der Waals surface area contributed by atoms with Crippen molar-refractivity contribution in [2.75, 3.05) is 7.05 Å². The fraction of sp³-hybridized carbons (Fsp3) is 0.727. The zero-order valence-electron chi connectivity index (χ0n) is 8.98. The van der Waals surface area contributed by atoms with Crippen molar-refractivity contribution in [3.63, 3.8) is 0 Å². The van der Waals surface area contributed by atoms with Gasteiger partial charge in [-0.25, -0.2) is 0 Å². The summed E-state index contributed by atoms with van der Waals surface area (Å²) in [6.07, 6.45) is 4.39. The average Bonchev–Trinajstić information content (AvgIpc) is 2.02. The molecule has 0 fully saturated rings. The summed E-state index contributed by atoms with van der Waals surface area (Å²) < 4.78 is 0. The first-order valence-electron chi connectivity index (χ1n) is 4.87. The van der Waals surface area contributed by atoms with Gasteiger partial charge in [-0.15, -0.1) is 0 Å². The topological polar surface area (TPSA) is 29.1 Å². The van der Waals surface area contributed by atoms with E-state index in [1.807, 2.05) is 0 Å². The van der Waals surface area contributed by atoms with E-state index in [2.05, 4.69) is 32.2 Å². The van der Waals surface area contributed by atoms with Crippen LogP contribution in [-0.2, 0) is 4.79 Å². The van der Waals surface area contributed by atoms with Gasteiger partial charge >= 0.3 is 0 Å². The number of rotatable bonds is 1. The van der Waals surface area contributed by atoms with Crippen LogP contribution in [0, 0.1) is 11.3 Å². The maximum Gasteiger partial charge on any atom is 0.227 e. The van der Waals surface area contributed by atoms with E-state index in [0.717, 1.165) is 12.8 Å². The van der Waals surface area contributed by atoms with E-state index >= 15 is 0 Å². The van der Waals surface area contributed by atoms with Crippen LogP contribution in [-0.4, -0.2) is 13.0 Å². The first-order chi connectivity index (χ1) is 5.99. The molecule has 1 amide bonds. The summed E-state index contributed by atoms with van der Waals surface area (Å²) in [5, 5.41) is 2.74. The van der Waals surface area contributed by atoms with Crippen molar-refractivity contribution in [3.8, 4) is 0 Å². The molecule has 74 valence electrons. The fourth-order valence-electron chi connectivity index (χ4n) is 2.26. The Morgan fingerprint density at radius 3 is 2.69 bits per heavy atom. The van der Waals surface area contributed by atoms with Gasteiger partial charge in [0.2, 0.25) is 5.91 Å². The molecular weight excluding hydrogens is 162 g/mol. The number of hydrogen-bond donors (Lipinski definition) is 1. The summed E-state index contributed by atoms with van der Waals surface area (Å²) in [5.41, 5.74) is 1.33. The van der Waals surface area contributed by atoms with Gasteiger partial charge in [0.1, 0.15) is 0 Å². The number of hydrogen-bond acceptors (Lipinski definition) is 1. The molecule has 1 N–H and O–H groups in total. The van der Waals surface area contributed by atoms with Crippen molar-refractivity contribution in [1.82, 2.24) is 5.32 Å². The Hall–Kier alpha value is -0.790. The number of amides is 1. The monoisotopic (exact) mass is 181 g/mol. The highest BCUT2D eigenvalue weighted by Gasteiger charge is 2.37. The third kappa shape index (κ3) is 1.93. The van der Waals surface area contributed by atoms with Crippen LogP contribution < -0.4 is 5.32 Å². The predicted molar refractivity (Wildman–Crippen MR) is 54.3 cm³/mol. The van der Waals surface area contributed by atoms with Crippen LogP contribution in [0.2, 0.25) is 0 Å². The maximum atomic E-state index is 11.6. The van der Waals surface area contributed by atoms with Crippen molar-refractivity contribution < 1.29 is 4.79 Å². The molecule has 0 saturated heterocycles. The second kappa shape index (κ2) is 3.52. The van der Waals surface area contributed by atoms with Crippen LogP contribution >= 0.6 is 0 Å². The molecule has 0 aromatic heterocycles. The molecule has 0 bridgehead atoms. The van der Waals surface area contributed by atoms with Gasteiger partial charge in [0.25, 0.3) is 0 Å². The smallest absolute Gasteiger partial charge is 0.227 e. The lowest BCUT2D eigenvalue weighted by atomic mass is 9.68. The van der Waals surface area contributed by atoms with Gasteiger partial charge in [-0.1, -0.05) is 25.5 Å². The molecule has 1 unspecified atom stereocenters. The Bertz CT molecular complexity index is 240. The first kappa shape index (κ1) is 10.3. The fourth-order valence-corrected chi connectivity index (χ4v) is 2.26. The van der Waals surface area contributed by atoms with Crippen molar-refractivity contribution in [2.24, 2.45) is 11.3 Å².